The number of carbonyl (C=O) groups is 2. The molecule has 2 amide bonds. The lowest BCUT2D eigenvalue weighted by Crippen LogP contribution is -2.52. The summed E-state index contributed by atoms with van der Waals surface area (Å²) in [5.41, 5.74) is 4.29. The van der Waals surface area contributed by atoms with Crippen molar-refractivity contribution in [3.8, 4) is 11.5 Å². The van der Waals surface area contributed by atoms with Gasteiger partial charge >= 0.3 is 0 Å². The Morgan fingerprint density at radius 3 is 2.47 bits per heavy atom. The molecule has 0 saturated heterocycles. The minimum Gasteiger partial charge on any atom is -0.508 e. The number of hydrogen-bond donors (Lipinski definition) is 3. The Morgan fingerprint density at radius 2 is 1.74 bits per heavy atom. The lowest BCUT2D eigenvalue weighted by atomic mass is 10.0. The van der Waals surface area contributed by atoms with Gasteiger partial charge in [-0.1, -0.05) is 46.9 Å². The van der Waals surface area contributed by atoms with Gasteiger partial charge in [-0.3, -0.25) is 15.0 Å². The summed E-state index contributed by atoms with van der Waals surface area (Å²) in [5, 5.41) is 15.4. The van der Waals surface area contributed by atoms with Crippen LogP contribution < -0.4 is 15.5 Å². The third-order valence-electron chi connectivity index (χ3n) is 5.13. The van der Waals surface area contributed by atoms with Crippen molar-refractivity contribution in [3.63, 3.8) is 0 Å². The molecule has 1 unspecified atom stereocenters. The zero-order valence-electron chi connectivity index (χ0n) is 17.7. The SMILES string of the molecule is O=C(CCCOc1ccc(Cl)cc1Cl)NN1C(=O)c2cc(Cl)ccc2NC1c1ccc(O)cc1. The van der Waals surface area contributed by atoms with Gasteiger partial charge in [0.05, 0.1) is 17.2 Å². The first-order valence-corrected chi connectivity index (χ1v) is 11.5. The molecule has 3 N–H and O–H groups in total. The van der Waals surface area contributed by atoms with Crippen LogP contribution in [0.3, 0.4) is 0 Å². The minimum absolute atomic E-state index is 0.0921. The molecule has 0 aromatic heterocycles. The molecule has 0 spiro atoms. The smallest absolute Gasteiger partial charge is 0.276 e. The molecule has 4 rings (SSSR count). The number of benzene rings is 3. The first kappa shape index (κ1) is 24.0. The van der Waals surface area contributed by atoms with E-state index in [1.165, 1.54) is 17.1 Å². The molecule has 1 heterocycles. The van der Waals surface area contributed by atoms with E-state index in [2.05, 4.69) is 10.7 Å². The van der Waals surface area contributed by atoms with E-state index in [4.69, 9.17) is 39.5 Å². The van der Waals surface area contributed by atoms with E-state index in [-0.39, 0.29) is 24.7 Å². The van der Waals surface area contributed by atoms with Crippen molar-refractivity contribution in [2.75, 3.05) is 11.9 Å². The first-order chi connectivity index (χ1) is 16.3. The second-order valence-corrected chi connectivity index (χ2v) is 8.85. The van der Waals surface area contributed by atoms with Gasteiger partial charge in [0.25, 0.3) is 5.91 Å². The normalized spacial score (nSPS) is 14.9. The monoisotopic (exact) mass is 519 g/mol. The number of nitrogens with one attached hydrogen (secondary N) is 2. The molecule has 1 aliphatic rings. The van der Waals surface area contributed by atoms with Crippen molar-refractivity contribution in [1.82, 2.24) is 10.4 Å². The summed E-state index contributed by atoms with van der Waals surface area (Å²) < 4.78 is 5.61. The van der Waals surface area contributed by atoms with Gasteiger partial charge in [0.2, 0.25) is 5.91 Å². The Bertz CT molecular complexity index is 1220. The van der Waals surface area contributed by atoms with Crippen LogP contribution in [0, 0.1) is 0 Å². The number of rotatable bonds is 7. The van der Waals surface area contributed by atoms with E-state index in [9.17, 15) is 14.7 Å². The van der Waals surface area contributed by atoms with Crippen LogP contribution in [0.1, 0.15) is 34.9 Å². The number of hydrazine groups is 1. The van der Waals surface area contributed by atoms with Crippen LogP contribution in [-0.4, -0.2) is 28.5 Å². The molecular formula is C24H20Cl3N3O4. The Kier molecular flexibility index (Phi) is 7.36. The van der Waals surface area contributed by atoms with E-state index >= 15 is 0 Å². The highest BCUT2D eigenvalue weighted by Gasteiger charge is 2.34. The average Bonchev–Trinajstić information content (AvgIpc) is 2.80. The van der Waals surface area contributed by atoms with Gasteiger partial charge in [-0.05, 0) is 60.5 Å². The van der Waals surface area contributed by atoms with Crippen molar-refractivity contribution in [3.05, 3.63) is 86.9 Å². The van der Waals surface area contributed by atoms with E-state index in [0.717, 1.165) is 0 Å². The first-order valence-electron chi connectivity index (χ1n) is 10.4. The summed E-state index contributed by atoms with van der Waals surface area (Å²) in [6.07, 6.45) is -0.179. The number of halogens is 3. The number of amides is 2. The Labute approximate surface area is 211 Å². The summed E-state index contributed by atoms with van der Waals surface area (Å²) in [4.78, 5) is 25.9. The predicted molar refractivity (Wildman–Crippen MR) is 131 cm³/mol. The topological polar surface area (TPSA) is 90.9 Å². The molecule has 0 aliphatic carbocycles. The molecular weight excluding hydrogens is 501 g/mol. The van der Waals surface area contributed by atoms with Crippen LogP contribution in [0.15, 0.2) is 60.7 Å². The molecule has 3 aromatic rings. The number of phenols is 1. The van der Waals surface area contributed by atoms with Gasteiger partial charge in [-0.2, -0.15) is 0 Å². The predicted octanol–water partition coefficient (Wildman–Crippen LogP) is 5.81. The maximum Gasteiger partial charge on any atom is 0.276 e. The Hall–Kier alpha value is -3.13. The maximum atomic E-state index is 13.2. The van der Waals surface area contributed by atoms with E-state index in [0.29, 0.717) is 44.1 Å². The van der Waals surface area contributed by atoms with Gasteiger partial charge in [-0.15, -0.1) is 0 Å². The summed E-state index contributed by atoms with van der Waals surface area (Å²) >= 11 is 18.0. The molecule has 34 heavy (non-hydrogen) atoms. The fourth-order valence-electron chi connectivity index (χ4n) is 3.48. The highest BCUT2D eigenvalue weighted by atomic mass is 35.5. The van der Waals surface area contributed by atoms with Crippen LogP contribution in [0.4, 0.5) is 5.69 Å². The molecule has 10 heteroatoms. The van der Waals surface area contributed by atoms with E-state index < -0.39 is 12.1 Å². The summed E-state index contributed by atoms with van der Waals surface area (Å²) in [6, 6.07) is 16.2. The molecule has 0 saturated carbocycles. The van der Waals surface area contributed by atoms with Crippen LogP contribution in [0.25, 0.3) is 0 Å². The molecule has 1 atom stereocenters. The Balaban J connectivity index is 1.44. The number of carbonyl (C=O) groups excluding carboxylic acids is 2. The highest BCUT2D eigenvalue weighted by Crippen LogP contribution is 2.34. The lowest BCUT2D eigenvalue weighted by Gasteiger charge is -2.37. The second kappa shape index (κ2) is 10.4. The van der Waals surface area contributed by atoms with Crippen molar-refractivity contribution in [2.24, 2.45) is 0 Å². The summed E-state index contributed by atoms with van der Waals surface area (Å²) in [6.45, 7) is 0.251. The molecule has 7 nitrogen and oxygen atoms in total. The fourth-order valence-corrected chi connectivity index (χ4v) is 4.12. The van der Waals surface area contributed by atoms with Crippen LogP contribution in [0.2, 0.25) is 15.1 Å². The number of hydrogen-bond acceptors (Lipinski definition) is 5. The molecule has 1 aliphatic heterocycles. The minimum atomic E-state index is -0.685. The number of nitrogens with zero attached hydrogens (tertiary/aromatic N) is 1. The zero-order chi connectivity index (χ0) is 24.2. The van der Waals surface area contributed by atoms with Crippen molar-refractivity contribution >= 4 is 52.3 Å². The Morgan fingerprint density at radius 1 is 1.03 bits per heavy atom. The van der Waals surface area contributed by atoms with Crippen molar-refractivity contribution < 1.29 is 19.4 Å². The average molecular weight is 521 g/mol. The standard InChI is InChI=1S/C24H20Cl3N3O4/c25-15-5-9-20-18(12-15)24(33)30(23(28-20)14-3-7-17(31)8-4-14)29-22(32)2-1-11-34-21-10-6-16(26)13-19(21)27/h3-10,12-13,23,28,31H,1-2,11H2,(H,29,32). The third-order valence-corrected chi connectivity index (χ3v) is 5.90. The maximum absolute atomic E-state index is 13.2. The summed E-state index contributed by atoms with van der Waals surface area (Å²) in [7, 11) is 0. The number of ether oxygens (including phenoxy) is 1. The third kappa shape index (κ3) is 5.50. The van der Waals surface area contributed by atoms with Gasteiger partial charge < -0.3 is 15.2 Å². The van der Waals surface area contributed by atoms with Crippen LogP contribution in [-0.2, 0) is 4.79 Å². The lowest BCUT2D eigenvalue weighted by molar-refractivity contribution is -0.126. The van der Waals surface area contributed by atoms with Gasteiger partial charge in [0, 0.05) is 22.2 Å². The molecule has 3 aromatic carbocycles. The fraction of sp³-hybridized carbons (Fsp3) is 0.167. The van der Waals surface area contributed by atoms with Crippen molar-refractivity contribution in [1.29, 1.82) is 0 Å². The van der Waals surface area contributed by atoms with Gasteiger partial charge in [0.15, 0.2) is 0 Å². The van der Waals surface area contributed by atoms with Crippen molar-refractivity contribution in [2.45, 2.75) is 19.0 Å². The van der Waals surface area contributed by atoms with Gasteiger partial charge in [-0.25, -0.2) is 5.01 Å². The zero-order valence-corrected chi connectivity index (χ0v) is 20.0. The number of anilines is 1. The van der Waals surface area contributed by atoms with Gasteiger partial charge in [0.1, 0.15) is 17.7 Å². The number of aromatic hydroxyl groups is 1. The van der Waals surface area contributed by atoms with Crippen LogP contribution >= 0.6 is 34.8 Å². The quantitative estimate of drug-likeness (QED) is 0.342. The molecule has 0 radical (unpaired) electrons. The number of phenolic OH excluding ortho intramolecular Hbond substituents is 1. The molecule has 0 fully saturated rings. The molecule has 0 bridgehead atoms. The molecule has 176 valence electrons. The van der Waals surface area contributed by atoms with Crippen LogP contribution in [0.5, 0.6) is 11.5 Å². The van der Waals surface area contributed by atoms with E-state index in [1.54, 1.807) is 48.5 Å². The highest BCUT2D eigenvalue weighted by molar-refractivity contribution is 6.35. The largest absolute Gasteiger partial charge is 0.508 e. The number of fused-ring (bicyclic) bond motifs is 1. The van der Waals surface area contributed by atoms with E-state index in [1.807, 2.05) is 0 Å². The summed E-state index contributed by atoms with van der Waals surface area (Å²) in [5.74, 6) is -0.209. The second-order valence-electron chi connectivity index (χ2n) is 7.57.